The highest BCUT2D eigenvalue weighted by Crippen LogP contribution is 2.16. The average Bonchev–Trinajstić information content (AvgIpc) is 3.02. The minimum Gasteiger partial charge on any atom is -0.494 e. The number of aliphatic hydroxyl groups is 1. The lowest BCUT2D eigenvalue weighted by Gasteiger charge is -2.17. The number of amides is 2. The maximum absolute atomic E-state index is 12.1. The molecule has 1 aromatic carbocycles. The van der Waals surface area contributed by atoms with Gasteiger partial charge >= 0.3 is 6.03 Å². The lowest BCUT2D eigenvalue weighted by Crippen LogP contribution is -2.38. The van der Waals surface area contributed by atoms with E-state index in [4.69, 9.17) is 9.84 Å². The Balaban J connectivity index is 1.78. The summed E-state index contributed by atoms with van der Waals surface area (Å²) in [4.78, 5) is 13.8. The van der Waals surface area contributed by atoms with Gasteiger partial charge in [-0.2, -0.15) is 0 Å². The Kier molecular flexibility index (Phi) is 6.52. The van der Waals surface area contributed by atoms with E-state index in [0.29, 0.717) is 13.1 Å². The van der Waals surface area contributed by atoms with E-state index in [-0.39, 0.29) is 18.6 Å². The van der Waals surface area contributed by atoms with E-state index >= 15 is 0 Å². The Morgan fingerprint density at radius 2 is 2.36 bits per heavy atom. The van der Waals surface area contributed by atoms with Crippen molar-refractivity contribution in [1.82, 2.24) is 10.2 Å². The molecule has 2 N–H and O–H groups in total. The van der Waals surface area contributed by atoms with Gasteiger partial charge in [0.1, 0.15) is 5.75 Å². The molecule has 1 aromatic rings. The van der Waals surface area contributed by atoms with Crippen molar-refractivity contribution in [2.45, 2.75) is 32.7 Å². The van der Waals surface area contributed by atoms with Crippen LogP contribution in [0.5, 0.6) is 5.75 Å². The van der Waals surface area contributed by atoms with Crippen molar-refractivity contribution in [3.63, 3.8) is 0 Å². The number of hydrogen-bond donors (Lipinski definition) is 2. The zero-order chi connectivity index (χ0) is 15.8. The van der Waals surface area contributed by atoms with Crippen LogP contribution in [0.2, 0.25) is 0 Å². The van der Waals surface area contributed by atoms with Crippen molar-refractivity contribution < 1.29 is 14.6 Å². The van der Waals surface area contributed by atoms with Crippen LogP contribution in [0.25, 0.3) is 0 Å². The third kappa shape index (κ3) is 4.91. The van der Waals surface area contributed by atoms with Crippen LogP contribution in [-0.4, -0.2) is 42.3 Å². The number of unbranched alkanes of at least 4 members (excludes halogenated alkanes) is 1. The molecule has 1 atom stereocenters. The normalized spacial score (nSPS) is 17.5. The number of hydrogen-bond acceptors (Lipinski definition) is 3. The number of benzene rings is 1. The minimum absolute atomic E-state index is 0.0618. The lowest BCUT2D eigenvalue weighted by atomic mass is 10.1. The van der Waals surface area contributed by atoms with Gasteiger partial charge in [0.25, 0.3) is 0 Å². The van der Waals surface area contributed by atoms with E-state index in [1.807, 2.05) is 24.3 Å². The van der Waals surface area contributed by atoms with Crippen LogP contribution in [0.1, 0.15) is 31.7 Å². The summed E-state index contributed by atoms with van der Waals surface area (Å²) in [5, 5.41) is 12.1. The molecule has 5 nitrogen and oxygen atoms in total. The fraction of sp³-hybridized carbons (Fsp3) is 0.588. The molecule has 0 aliphatic carbocycles. The number of carbonyl (C=O) groups is 1. The second-order valence-electron chi connectivity index (χ2n) is 5.79. The van der Waals surface area contributed by atoms with Crippen LogP contribution in [0, 0.1) is 5.92 Å². The molecule has 2 amide bonds. The maximum Gasteiger partial charge on any atom is 0.317 e. The first-order valence-corrected chi connectivity index (χ1v) is 8.08. The van der Waals surface area contributed by atoms with Gasteiger partial charge in [0, 0.05) is 32.2 Å². The van der Waals surface area contributed by atoms with Crippen LogP contribution in [0.15, 0.2) is 24.3 Å². The van der Waals surface area contributed by atoms with Crippen molar-refractivity contribution in [2.75, 3.05) is 26.3 Å². The van der Waals surface area contributed by atoms with E-state index in [2.05, 4.69) is 12.2 Å². The van der Waals surface area contributed by atoms with Gasteiger partial charge in [-0.25, -0.2) is 4.79 Å². The number of urea groups is 1. The second kappa shape index (κ2) is 8.63. The molecule has 2 rings (SSSR count). The van der Waals surface area contributed by atoms with E-state index in [9.17, 15) is 4.79 Å². The van der Waals surface area contributed by atoms with Crippen molar-refractivity contribution in [3.05, 3.63) is 29.8 Å². The summed E-state index contributed by atoms with van der Waals surface area (Å²) >= 11 is 0. The SMILES string of the molecule is CCCCOc1cccc(CNC(=O)N2CCC(CO)C2)c1. The van der Waals surface area contributed by atoms with Crippen LogP contribution >= 0.6 is 0 Å². The third-order valence-electron chi connectivity index (χ3n) is 3.94. The summed E-state index contributed by atoms with van der Waals surface area (Å²) in [6.45, 7) is 4.86. The molecule has 1 fully saturated rings. The molecule has 0 saturated carbocycles. The molecule has 0 radical (unpaired) electrons. The Bertz CT molecular complexity index is 479. The van der Waals surface area contributed by atoms with Gasteiger partial charge in [-0.15, -0.1) is 0 Å². The van der Waals surface area contributed by atoms with Gasteiger partial charge in [0.2, 0.25) is 0 Å². The highest BCUT2D eigenvalue weighted by atomic mass is 16.5. The molecule has 1 aliphatic rings. The molecule has 0 aromatic heterocycles. The zero-order valence-corrected chi connectivity index (χ0v) is 13.3. The molecular formula is C17H26N2O3. The summed E-state index contributed by atoms with van der Waals surface area (Å²) in [6, 6.07) is 7.77. The highest BCUT2D eigenvalue weighted by Gasteiger charge is 2.25. The topological polar surface area (TPSA) is 61.8 Å². The number of ether oxygens (including phenoxy) is 1. The van der Waals surface area contributed by atoms with E-state index in [1.165, 1.54) is 0 Å². The molecule has 1 aliphatic heterocycles. The first-order valence-electron chi connectivity index (χ1n) is 8.08. The van der Waals surface area contributed by atoms with Crippen LogP contribution in [0.4, 0.5) is 4.79 Å². The Morgan fingerprint density at radius 3 is 3.09 bits per heavy atom. The summed E-state index contributed by atoms with van der Waals surface area (Å²) in [7, 11) is 0. The number of carbonyl (C=O) groups excluding carboxylic acids is 1. The minimum atomic E-state index is -0.0618. The zero-order valence-electron chi connectivity index (χ0n) is 13.3. The second-order valence-corrected chi connectivity index (χ2v) is 5.79. The van der Waals surface area contributed by atoms with Crippen molar-refractivity contribution in [2.24, 2.45) is 5.92 Å². The van der Waals surface area contributed by atoms with E-state index in [1.54, 1.807) is 4.90 Å². The molecule has 1 heterocycles. The first kappa shape index (κ1) is 16.6. The molecule has 5 heteroatoms. The number of nitrogens with one attached hydrogen (secondary N) is 1. The van der Waals surface area contributed by atoms with E-state index in [0.717, 1.165) is 43.7 Å². The van der Waals surface area contributed by atoms with Gasteiger partial charge in [-0.1, -0.05) is 25.5 Å². The van der Waals surface area contributed by atoms with Crippen molar-refractivity contribution >= 4 is 6.03 Å². The smallest absolute Gasteiger partial charge is 0.317 e. The van der Waals surface area contributed by atoms with Gasteiger partial charge in [-0.05, 0) is 30.5 Å². The summed E-state index contributed by atoms with van der Waals surface area (Å²) < 4.78 is 5.67. The van der Waals surface area contributed by atoms with Crippen LogP contribution in [-0.2, 0) is 6.54 Å². The highest BCUT2D eigenvalue weighted by molar-refractivity contribution is 5.74. The predicted molar refractivity (Wildman–Crippen MR) is 85.8 cm³/mol. The standard InChI is InChI=1S/C17H26N2O3/c1-2-3-9-22-16-6-4-5-14(10-16)11-18-17(21)19-8-7-15(12-19)13-20/h4-6,10,15,20H,2-3,7-9,11-13H2,1H3,(H,18,21). The molecule has 1 unspecified atom stereocenters. The quantitative estimate of drug-likeness (QED) is 0.760. The van der Waals surface area contributed by atoms with Gasteiger partial charge in [-0.3, -0.25) is 0 Å². The summed E-state index contributed by atoms with van der Waals surface area (Å²) in [5.74, 6) is 1.07. The lowest BCUT2D eigenvalue weighted by molar-refractivity contribution is 0.198. The fourth-order valence-corrected chi connectivity index (χ4v) is 2.54. The van der Waals surface area contributed by atoms with Gasteiger partial charge < -0.3 is 20.1 Å². The monoisotopic (exact) mass is 306 g/mol. The Morgan fingerprint density at radius 1 is 1.50 bits per heavy atom. The first-order chi connectivity index (χ1) is 10.7. The largest absolute Gasteiger partial charge is 0.494 e. The average molecular weight is 306 g/mol. The van der Waals surface area contributed by atoms with Gasteiger partial charge in [0.05, 0.1) is 6.61 Å². The number of rotatable bonds is 7. The maximum atomic E-state index is 12.1. The van der Waals surface area contributed by atoms with Crippen molar-refractivity contribution in [3.8, 4) is 5.75 Å². The fourth-order valence-electron chi connectivity index (χ4n) is 2.54. The van der Waals surface area contributed by atoms with Crippen LogP contribution < -0.4 is 10.1 Å². The van der Waals surface area contributed by atoms with Gasteiger partial charge in [0.15, 0.2) is 0 Å². The summed E-state index contributed by atoms with van der Waals surface area (Å²) in [6.07, 6.45) is 3.03. The van der Waals surface area contributed by atoms with E-state index < -0.39 is 0 Å². The molecule has 1 saturated heterocycles. The molecule has 122 valence electrons. The number of aliphatic hydroxyl groups excluding tert-OH is 1. The Labute approximate surface area is 132 Å². The molecule has 0 spiro atoms. The number of nitrogens with zero attached hydrogens (tertiary/aromatic N) is 1. The van der Waals surface area contributed by atoms with Crippen molar-refractivity contribution in [1.29, 1.82) is 0 Å². The Hall–Kier alpha value is -1.75. The predicted octanol–water partition coefficient (Wildman–Crippen LogP) is 2.39. The summed E-state index contributed by atoms with van der Waals surface area (Å²) in [5.41, 5.74) is 1.03. The molecular weight excluding hydrogens is 280 g/mol. The third-order valence-corrected chi connectivity index (χ3v) is 3.94. The number of likely N-dealkylation sites (tertiary alicyclic amines) is 1. The molecule has 0 bridgehead atoms. The van der Waals surface area contributed by atoms with Crippen LogP contribution in [0.3, 0.4) is 0 Å². The molecule has 22 heavy (non-hydrogen) atoms.